The van der Waals surface area contributed by atoms with E-state index in [4.69, 9.17) is 0 Å². The van der Waals surface area contributed by atoms with Crippen LogP contribution in [0.15, 0.2) is 36.4 Å². The smallest absolute Gasteiger partial charge is 0.404 e. The van der Waals surface area contributed by atoms with Crippen LogP contribution in [0.4, 0.5) is 32.8 Å². The van der Waals surface area contributed by atoms with Crippen LogP contribution in [0.1, 0.15) is 10.4 Å². The van der Waals surface area contributed by atoms with E-state index in [9.17, 15) is 31.5 Å². The summed E-state index contributed by atoms with van der Waals surface area (Å²) in [5, 5.41) is 12.7. The van der Waals surface area contributed by atoms with Crippen molar-refractivity contribution in [3.63, 3.8) is 0 Å². The summed E-state index contributed by atoms with van der Waals surface area (Å²) < 4.78 is 69.5. The van der Waals surface area contributed by atoms with E-state index in [1.807, 2.05) is 11.9 Å². The van der Waals surface area contributed by atoms with Crippen LogP contribution in [0, 0.1) is 11.6 Å². The van der Waals surface area contributed by atoms with Gasteiger partial charge < -0.3 is 15.0 Å². The van der Waals surface area contributed by atoms with Crippen molar-refractivity contribution >= 4 is 34.0 Å². The van der Waals surface area contributed by atoms with E-state index in [1.165, 1.54) is 6.07 Å². The summed E-state index contributed by atoms with van der Waals surface area (Å²) in [4.78, 5) is 29.3. The number of carbonyl (C=O) groups is 2. The van der Waals surface area contributed by atoms with Crippen LogP contribution in [0.5, 0.6) is 5.75 Å². The maximum Gasteiger partial charge on any atom is 0.573 e. The van der Waals surface area contributed by atoms with Gasteiger partial charge in [-0.2, -0.15) is 0 Å². The largest absolute Gasteiger partial charge is 0.573 e. The first-order valence-electron chi connectivity index (χ1n) is 11.2. The number of nitrogens with zero attached hydrogens (tertiary/aromatic N) is 4. The molecule has 3 aromatic rings. The van der Waals surface area contributed by atoms with E-state index in [1.54, 1.807) is 0 Å². The second kappa shape index (κ2) is 11.4. The summed E-state index contributed by atoms with van der Waals surface area (Å²) in [7, 11) is 1.94. The monoisotopic (exact) mass is 556 g/mol. The number of rotatable bonds is 7. The van der Waals surface area contributed by atoms with Crippen molar-refractivity contribution in [1.82, 2.24) is 20.0 Å². The van der Waals surface area contributed by atoms with Gasteiger partial charge in [0.15, 0.2) is 17.4 Å². The Balaban J connectivity index is 1.49. The average Bonchev–Trinajstić information content (AvgIpc) is 3.31. The summed E-state index contributed by atoms with van der Waals surface area (Å²) in [6.45, 7) is 2.68. The molecule has 202 valence electrons. The zero-order chi connectivity index (χ0) is 27.4. The molecule has 0 bridgehead atoms. The molecule has 0 saturated carbocycles. The van der Waals surface area contributed by atoms with Gasteiger partial charge in [-0.05, 0) is 43.4 Å². The number of carbonyl (C=O) groups excluding carboxylic acids is 2. The molecule has 0 radical (unpaired) electrons. The number of halogens is 5. The van der Waals surface area contributed by atoms with Gasteiger partial charge in [-0.15, -0.1) is 23.4 Å². The quantitative estimate of drug-likeness (QED) is 0.427. The van der Waals surface area contributed by atoms with Gasteiger partial charge in [0.25, 0.3) is 5.91 Å². The molecule has 1 fully saturated rings. The van der Waals surface area contributed by atoms with Crippen molar-refractivity contribution < 1.29 is 36.3 Å². The lowest BCUT2D eigenvalue weighted by molar-refractivity contribution is -0.274. The van der Waals surface area contributed by atoms with Gasteiger partial charge in [0.2, 0.25) is 11.0 Å². The zero-order valence-corrected chi connectivity index (χ0v) is 20.6. The predicted octanol–water partition coefficient (Wildman–Crippen LogP) is 3.82. The van der Waals surface area contributed by atoms with E-state index in [0.29, 0.717) is 13.1 Å². The highest BCUT2D eigenvalue weighted by Crippen LogP contribution is 2.32. The number of hydrogen-bond acceptors (Lipinski definition) is 8. The van der Waals surface area contributed by atoms with Crippen molar-refractivity contribution in [3.8, 4) is 16.3 Å². The van der Waals surface area contributed by atoms with Crippen LogP contribution < -0.4 is 15.4 Å². The summed E-state index contributed by atoms with van der Waals surface area (Å²) >= 11 is 0.874. The second-order valence-electron chi connectivity index (χ2n) is 8.38. The molecular formula is C23H21F5N6O3S. The van der Waals surface area contributed by atoms with Crippen LogP contribution in [-0.4, -0.2) is 77.9 Å². The third-order valence-electron chi connectivity index (χ3n) is 5.52. The van der Waals surface area contributed by atoms with Gasteiger partial charge >= 0.3 is 6.36 Å². The molecule has 1 aliphatic heterocycles. The van der Waals surface area contributed by atoms with Crippen LogP contribution in [0.2, 0.25) is 0 Å². The Bertz CT molecular complexity index is 1330. The number of alkyl halides is 3. The Kier molecular flexibility index (Phi) is 8.18. The van der Waals surface area contributed by atoms with Gasteiger partial charge in [-0.1, -0.05) is 11.3 Å². The minimum absolute atomic E-state index is 0.00556. The fourth-order valence-corrected chi connectivity index (χ4v) is 4.31. The number of aromatic nitrogens is 2. The van der Waals surface area contributed by atoms with E-state index in [-0.39, 0.29) is 33.5 Å². The summed E-state index contributed by atoms with van der Waals surface area (Å²) in [6, 6.07) is 6.20. The Morgan fingerprint density at radius 2 is 1.74 bits per heavy atom. The molecule has 0 spiro atoms. The van der Waals surface area contributed by atoms with Gasteiger partial charge in [-0.3, -0.25) is 19.8 Å². The van der Waals surface area contributed by atoms with Crippen molar-refractivity contribution in [3.05, 3.63) is 53.6 Å². The van der Waals surface area contributed by atoms with Crippen LogP contribution in [0.25, 0.3) is 10.6 Å². The highest BCUT2D eigenvalue weighted by atomic mass is 32.1. The lowest BCUT2D eigenvalue weighted by atomic mass is 10.1. The van der Waals surface area contributed by atoms with Gasteiger partial charge in [0.1, 0.15) is 5.01 Å². The molecule has 38 heavy (non-hydrogen) atoms. The molecule has 2 N–H and O–H groups in total. The Morgan fingerprint density at radius 3 is 2.42 bits per heavy atom. The number of benzene rings is 2. The Morgan fingerprint density at radius 1 is 1.00 bits per heavy atom. The minimum atomic E-state index is -5.02. The molecule has 9 nitrogen and oxygen atoms in total. The van der Waals surface area contributed by atoms with Crippen molar-refractivity contribution in [2.75, 3.05) is 50.4 Å². The zero-order valence-electron chi connectivity index (χ0n) is 19.8. The molecule has 0 atom stereocenters. The summed E-state index contributed by atoms with van der Waals surface area (Å²) in [5.74, 6) is -4.12. The van der Waals surface area contributed by atoms with Gasteiger partial charge in [0, 0.05) is 37.3 Å². The Labute approximate surface area is 217 Å². The fourth-order valence-electron chi connectivity index (χ4n) is 3.57. The molecule has 1 aromatic heterocycles. The molecule has 4 rings (SSSR count). The number of likely N-dealkylation sites (N-methyl/N-ethyl adjacent to an activating group) is 1. The molecule has 0 aliphatic carbocycles. The van der Waals surface area contributed by atoms with Crippen molar-refractivity contribution in [1.29, 1.82) is 0 Å². The van der Waals surface area contributed by atoms with Crippen molar-refractivity contribution in [2.24, 2.45) is 0 Å². The minimum Gasteiger partial charge on any atom is -0.404 e. The van der Waals surface area contributed by atoms with E-state index >= 15 is 0 Å². The molecule has 15 heteroatoms. The van der Waals surface area contributed by atoms with Crippen molar-refractivity contribution in [2.45, 2.75) is 6.36 Å². The first kappa shape index (κ1) is 27.3. The first-order valence-corrected chi connectivity index (χ1v) is 12.0. The number of nitrogens with one attached hydrogen (secondary N) is 2. The number of ether oxygens (including phenoxy) is 1. The number of piperazine rings is 1. The van der Waals surface area contributed by atoms with Crippen LogP contribution >= 0.6 is 11.3 Å². The van der Waals surface area contributed by atoms with Gasteiger partial charge in [0.05, 0.1) is 12.2 Å². The van der Waals surface area contributed by atoms with E-state index in [0.717, 1.165) is 54.8 Å². The first-order chi connectivity index (χ1) is 18.0. The summed E-state index contributed by atoms with van der Waals surface area (Å²) in [5.41, 5.74) is -0.200. The maximum atomic E-state index is 13.5. The standard InChI is InChI=1S/C23H21F5N6O3S/c1-33-6-8-34(9-7-33)12-19(35)29-17-11-13(3-5-18(17)37-23(26,27)28)20(36)30-22-32-31-21(38-22)14-2-4-15(24)16(25)10-14/h2-5,10-11H,6-9,12H2,1H3,(H,29,35)(H,30,32,36). The second-order valence-corrected chi connectivity index (χ2v) is 9.36. The molecule has 2 aromatic carbocycles. The lowest BCUT2D eigenvalue weighted by Crippen LogP contribution is -2.47. The Hall–Kier alpha value is -3.69. The third kappa shape index (κ3) is 7.20. The topological polar surface area (TPSA) is 99.7 Å². The van der Waals surface area contributed by atoms with Crippen LogP contribution in [0.3, 0.4) is 0 Å². The summed E-state index contributed by atoms with van der Waals surface area (Å²) in [6.07, 6.45) is -5.02. The molecule has 1 saturated heterocycles. The number of amides is 2. The average molecular weight is 557 g/mol. The third-order valence-corrected chi connectivity index (χ3v) is 6.40. The highest BCUT2D eigenvalue weighted by molar-refractivity contribution is 7.18. The van der Waals surface area contributed by atoms with E-state index in [2.05, 4.69) is 30.5 Å². The number of hydrogen-bond donors (Lipinski definition) is 2. The molecule has 1 aliphatic rings. The molecular weight excluding hydrogens is 535 g/mol. The fraction of sp³-hybridized carbons (Fsp3) is 0.304. The van der Waals surface area contributed by atoms with Gasteiger partial charge in [-0.25, -0.2) is 8.78 Å². The van der Waals surface area contributed by atoms with E-state index < -0.39 is 35.6 Å². The molecule has 2 heterocycles. The predicted molar refractivity (Wildman–Crippen MR) is 129 cm³/mol. The normalized spacial score (nSPS) is 14.8. The maximum absolute atomic E-state index is 13.5. The van der Waals surface area contributed by atoms with Crippen LogP contribution in [-0.2, 0) is 4.79 Å². The lowest BCUT2D eigenvalue weighted by Gasteiger charge is -2.31. The SMILES string of the molecule is CN1CCN(CC(=O)Nc2cc(C(=O)Nc3nnc(-c4ccc(F)c(F)c4)s3)ccc2OC(F)(F)F)CC1. The molecule has 0 unspecified atom stereocenters. The molecule has 2 amide bonds. The highest BCUT2D eigenvalue weighted by Gasteiger charge is 2.33. The number of anilines is 2.